The normalized spacial score (nSPS) is 13.2. The number of nitrogens with one attached hydrogen (secondary N) is 1. The number of rotatable bonds is 2. The van der Waals surface area contributed by atoms with Crippen molar-refractivity contribution in [2.24, 2.45) is 0 Å². The molecule has 0 spiro atoms. The van der Waals surface area contributed by atoms with Crippen molar-refractivity contribution in [1.82, 2.24) is 5.32 Å². The van der Waals surface area contributed by atoms with Crippen LogP contribution in [0, 0.1) is 0 Å². The predicted octanol–water partition coefficient (Wildman–Crippen LogP) is 1.32. The highest BCUT2D eigenvalue weighted by atomic mass is 79.9. The van der Waals surface area contributed by atoms with Gasteiger partial charge in [-0.1, -0.05) is 15.9 Å². The third kappa shape index (κ3) is 6.39. The van der Waals surface area contributed by atoms with Gasteiger partial charge in [-0.2, -0.15) is 0 Å². The van der Waals surface area contributed by atoms with Crippen molar-refractivity contribution in [3.63, 3.8) is 0 Å². The van der Waals surface area contributed by atoms with Gasteiger partial charge >= 0.3 is 12.1 Å². The summed E-state index contributed by atoms with van der Waals surface area (Å²) in [5, 5.41) is 10.2. The summed E-state index contributed by atoms with van der Waals surface area (Å²) in [6.07, 6.45) is -1.28. The summed E-state index contributed by atoms with van der Waals surface area (Å²) in [7, 11) is 0. The standard InChI is InChI=1S/C7H12BrNO4/c1-7(2,3)13-5(10)4(8)9-6(11)12/h4,9H,1-3H3,(H,11,12). The molecule has 0 saturated heterocycles. The minimum Gasteiger partial charge on any atom is -0.465 e. The summed E-state index contributed by atoms with van der Waals surface area (Å²) in [5.74, 6) is -0.657. The molecular weight excluding hydrogens is 242 g/mol. The second kappa shape index (κ2) is 4.45. The molecule has 0 bridgehead atoms. The number of carboxylic acid groups (broad SMARTS) is 1. The van der Waals surface area contributed by atoms with Gasteiger partial charge in [0.25, 0.3) is 0 Å². The lowest BCUT2D eigenvalue weighted by atomic mass is 10.2. The topological polar surface area (TPSA) is 75.6 Å². The Bertz CT molecular complexity index is 211. The van der Waals surface area contributed by atoms with E-state index in [0.29, 0.717) is 0 Å². The van der Waals surface area contributed by atoms with Crippen LogP contribution in [0.15, 0.2) is 0 Å². The van der Waals surface area contributed by atoms with Crippen LogP contribution in [0.3, 0.4) is 0 Å². The fourth-order valence-corrected chi connectivity index (χ4v) is 0.810. The maximum Gasteiger partial charge on any atom is 0.406 e. The molecule has 0 radical (unpaired) electrons. The number of carbonyl (C=O) groups excluding carboxylic acids is 1. The predicted molar refractivity (Wildman–Crippen MR) is 49.7 cm³/mol. The molecule has 0 aromatic heterocycles. The lowest BCUT2D eigenvalue weighted by molar-refractivity contribution is -0.154. The molecule has 13 heavy (non-hydrogen) atoms. The zero-order chi connectivity index (χ0) is 10.6. The first-order valence-corrected chi connectivity index (χ1v) is 4.50. The molecule has 0 saturated carbocycles. The lowest BCUT2D eigenvalue weighted by Crippen LogP contribution is -2.39. The number of ether oxygens (including phenoxy) is 1. The van der Waals surface area contributed by atoms with Crippen LogP contribution in [-0.2, 0) is 9.53 Å². The fraction of sp³-hybridized carbons (Fsp3) is 0.714. The van der Waals surface area contributed by atoms with E-state index in [2.05, 4.69) is 15.9 Å². The van der Waals surface area contributed by atoms with Crippen LogP contribution in [-0.4, -0.2) is 27.7 Å². The van der Waals surface area contributed by atoms with Crippen LogP contribution >= 0.6 is 15.9 Å². The molecule has 1 amide bonds. The average molecular weight is 254 g/mol. The first-order chi connectivity index (χ1) is 5.72. The SMILES string of the molecule is CC(C)(C)OC(=O)C(Br)NC(=O)O. The molecule has 76 valence electrons. The second-order valence-electron chi connectivity index (χ2n) is 3.35. The number of carbonyl (C=O) groups is 2. The quantitative estimate of drug-likeness (QED) is 0.442. The summed E-state index contributed by atoms with van der Waals surface area (Å²) in [6.45, 7) is 5.10. The van der Waals surface area contributed by atoms with E-state index in [1.54, 1.807) is 20.8 Å². The molecule has 0 rings (SSSR count). The van der Waals surface area contributed by atoms with Crippen LogP contribution in [0.1, 0.15) is 20.8 Å². The van der Waals surface area contributed by atoms with E-state index in [0.717, 1.165) is 0 Å². The highest BCUT2D eigenvalue weighted by Gasteiger charge is 2.23. The molecule has 0 aromatic rings. The minimum atomic E-state index is -1.28. The van der Waals surface area contributed by atoms with E-state index < -0.39 is 22.6 Å². The molecule has 0 aliphatic rings. The largest absolute Gasteiger partial charge is 0.465 e. The lowest BCUT2D eigenvalue weighted by Gasteiger charge is -2.21. The Kier molecular flexibility index (Phi) is 4.19. The minimum absolute atomic E-state index is 0.622. The van der Waals surface area contributed by atoms with Gasteiger partial charge in [0.1, 0.15) is 5.60 Å². The number of hydrogen-bond acceptors (Lipinski definition) is 3. The maximum absolute atomic E-state index is 11.1. The number of alkyl halides is 1. The van der Waals surface area contributed by atoms with Crippen molar-refractivity contribution < 1.29 is 19.4 Å². The molecular formula is C7H12BrNO4. The van der Waals surface area contributed by atoms with E-state index in [1.165, 1.54) is 0 Å². The Morgan fingerprint density at radius 3 is 2.23 bits per heavy atom. The smallest absolute Gasteiger partial charge is 0.406 e. The Balaban J connectivity index is 4.05. The van der Waals surface area contributed by atoms with Gasteiger partial charge in [-0.25, -0.2) is 9.59 Å². The van der Waals surface area contributed by atoms with E-state index in [1.807, 2.05) is 5.32 Å². The highest BCUT2D eigenvalue weighted by Crippen LogP contribution is 2.10. The molecule has 1 atom stereocenters. The van der Waals surface area contributed by atoms with Gasteiger partial charge in [-0.3, -0.25) is 5.32 Å². The molecule has 0 aromatic carbocycles. The van der Waals surface area contributed by atoms with Gasteiger partial charge in [-0.15, -0.1) is 0 Å². The molecule has 0 aliphatic heterocycles. The first kappa shape index (κ1) is 12.2. The summed E-state index contributed by atoms with van der Waals surface area (Å²) < 4.78 is 4.89. The van der Waals surface area contributed by atoms with Crippen LogP contribution in [0.5, 0.6) is 0 Å². The summed E-state index contributed by atoms with van der Waals surface area (Å²) in [5.41, 5.74) is -0.622. The van der Waals surface area contributed by atoms with Crippen molar-refractivity contribution in [1.29, 1.82) is 0 Å². The molecule has 0 fully saturated rings. The average Bonchev–Trinajstić information content (AvgIpc) is 1.81. The van der Waals surface area contributed by atoms with Crippen molar-refractivity contribution in [3.8, 4) is 0 Å². The van der Waals surface area contributed by atoms with Crippen LogP contribution in [0.2, 0.25) is 0 Å². The summed E-state index contributed by atoms with van der Waals surface area (Å²) in [6, 6.07) is 0. The molecule has 1 unspecified atom stereocenters. The van der Waals surface area contributed by atoms with E-state index >= 15 is 0 Å². The number of hydrogen-bond donors (Lipinski definition) is 2. The van der Waals surface area contributed by atoms with Crippen LogP contribution < -0.4 is 5.32 Å². The van der Waals surface area contributed by atoms with E-state index in [9.17, 15) is 9.59 Å². The third-order valence-electron chi connectivity index (χ3n) is 0.864. The molecule has 6 heteroatoms. The van der Waals surface area contributed by atoms with E-state index in [4.69, 9.17) is 9.84 Å². The van der Waals surface area contributed by atoms with Crippen LogP contribution in [0.25, 0.3) is 0 Å². The first-order valence-electron chi connectivity index (χ1n) is 3.59. The van der Waals surface area contributed by atoms with Gasteiger partial charge < -0.3 is 9.84 Å². The van der Waals surface area contributed by atoms with Crippen molar-refractivity contribution in [3.05, 3.63) is 0 Å². The van der Waals surface area contributed by atoms with Crippen molar-refractivity contribution >= 4 is 28.0 Å². The van der Waals surface area contributed by atoms with Crippen molar-refractivity contribution in [2.45, 2.75) is 31.3 Å². The summed E-state index contributed by atoms with van der Waals surface area (Å²) in [4.78, 5) is 20.2. The molecule has 5 nitrogen and oxygen atoms in total. The van der Waals surface area contributed by atoms with Gasteiger partial charge in [0.15, 0.2) is 4.95 Å². The van der Waals surface area contributed by atoms with Gasteiger partial charge in [-0.05, 0) is 20.8 Å². The van der Waals surface area contributed by atoms with Crippen LogP contribution in [0.4, 0.5) is 4.79 Å². The Morgan fingerprint density at radius 2 is 1.92 bits per heavy atom. The second-order valence-corrected chi connectivity index (χ2v) is 4.26. The Labute approximate surface area is 84.6 Å². The zero-order valence-electron chi connectivity index (χ0n) is 7.63. The molecule has 0 heterocycles. The number of halogens is 1. The Hall–Kier alpha value is -0.780. The number of esters is 1. The highest BCUT2D eigenvalue weighted by molar-refractivity contribution is 9.10. The van der Waals surface area contributed by atoms with E-state index in [-0.39, 0.29) is 0 Å². The maximum atomic E-state index is 11.1. The fourth-order valence-electron chi connectivity index (χ4n) is 0.521. The third-order valence-corrected chi connectivity index (χ3v) is 1.47. The number of amides is 1. The van der Waals surface area contributed by atoms with Gasteiger partial charge in [0.2, 0.25) is 0 Å². The summed E-state index contributed by atoms with van der Waals surface area (Å²) >= 11 is 2.83. The van der Waals surface area contributed by atoms with Gasteiger partial charge in [0, 0.05) is 0 Å². The Morgan fingerprint density at radius 1 is 1.46 bits per heavy atom. The van der Waals surface area contributed by atoms with Gasteiger partial charge in [0.05, 0.1) is 0 Å². The zero-order valence-corrected chi connectivity index (χ0v) is 9.21. The monoisotopic (exact) mass is 253 g/mol. The molecule has 2 N–H and O–H groups in total. The van der Waals surface area contributed by atoms with Crippen molar-refractivity contribution in [2.75, 3.05) is 0 Å². The molecule has 0 aliphatic carbocycles.